The Hall–Kier alpha value is -2.40. The van der Waals surface area contributed by atoms with Crippen LogP contribution in [0.1, 0.15) is 16.1 Å². The quantitative estimate of drug-likeness (QED) is 0.805. The smallest absolute Gasteiger partial charge is 0.271 e. The maximum Gasteiger partial charge on any atom is 0.271 e. The molecule has 0 aliphatic rings. The largest absolute Gasteiger partial charge is 0.365 e. The van der Waals surface area contributed by atoms with Crippen molar-refractivity contribution in [2.45, 2.75) is 6.54 Å². The van der Waals surface area contributed by atoms with Crippen LogP contribution in [0.25, 0.3) is 0 Å². The number of amides is 1. The second-order valence-electron chi connectivity index (χ2n) is 4.27. The standard InChI is InChI=1S/C15H15ClN4O/c1-2-7-17-14-10-18-13(9-19-14)15(21)20-8-11-3-5-12(16)6-4-11/h2-6,9-10H,1,7-8H2,(H,17,19)(H,20,21). The monoisotopic (exact) mass is 302 g/mol. The zero-order valence-electron chi connectivity index (χ0n) is 11.3. The molecule has 0 fully saturated rings. The van der Waals surface area contributed by atoms with Gasteiger partial charge in [0.2, 0.25) is 0 Å². The fourth-order valence-corrected chi connectivity index (χ4v) is 1.71. The molecule has 0 aliphatic carbocycles. The molecular formula is C15H15ClN4O. The van der Waals surface area contributed by atoms with Gasteiger partial charge in [-0.3, -0.25) is 4.79 Å². The van der Waals surface area contributed by atoms with Gasteiger partial charge in [-0.1, -0.05) is 29.8 Å². The molecule has 2 aromatic rings. The Kier molecular flexibility index (Phi) is 5.29. The van der Waals surface area contributed by atoms with E-state index in [1.807, 2.05) is 12.1 Å². The fourth-order valence-electron chi connectivity index (χ4n) is 1.59. The Morgan fingerprint density at radius 2 is 2.00 bits per heavy atom. The molecule has 0 radical (unpaired) electrons. The highest BCUT2D eigenvalue weighted by atomic mass is 35.5. The first-order chi connectivity index (χ1) is 10.2. The van der Waals surface area contributed by atoms with Crippen LogP contribution in [0.15, 0.2) is 49.3 Å². The Balaban J connectivity index is 1.90. The molecule has 2 N–H and O–H groups in total. The van der Waals surface area contributed by atoms with Gasteiger partial charge in [0.15, 0.2) is 0 Å². The van der Waals surface area contributed by atoms with E-state index < -0.39 is 0 Å². The lowest BCUT2D eigenvalue weighted by atomic mass is 10.2. The molecule has 108 valence electrons. The van der Waals surface area contributed by atoms with E-state index in [4.69, 9.17) is 11.6 Å². The van der Waals surface area contributed by atoms with Crippen LogP contribution in [-0.4, -0.2) is 22.4 Å². The van der Waals surface area contributed by atoms with Crippen LogP contribution in [0, 0.1) is 0 Å². The van der Waals surface area contributed by atoms with Crippen LogP contribution in [0.2, 0.25) is 5.02 Å². The van der Waals surface area contributed by atoms with E-state index >= 15 is 0 Å². The van der Waals surface area contributed by atoms with Gasteiger partial charge >= 0.3 is 0 Å². The minimum Gasteiger partial charge on any atom is -0.365 e. The highest BCUT2D eigenvalue weighted by Gasteiger charge is 2.07. The van der Waals surface area contributed by atoms with Gasteiger partial charge in [0.25, 0.3) is 5.91 Å². The highest BCUT2D eigenvalue weighted by Crippen LogP contribution is 2.09. The zero-order valence-corrected chi connectivity index (χ0v) is 12.1. The fraction of sp³-hybridized carbons (Fsp3) is 0.133. The maximum atomic E-state index is 11.9. The lowest BCUT2D eigenvalue weighted by molar-refractivity contribution is 0.0945. The van der Waals surface area contributed by atoms with Crippen LogP contribution in [-0.2, 0) is 6.54 Å². The van der Waals surface area contributed by atoms with E-state index in [0.29, 0.717) is 23.9 Å². The van der Waals surface area contributed by atoms with Crippen LogP contribution in [0.5, 0.6) is 0 Å². The molecule has 1 aromatic carbocycles. The number of nitrogens with zero attached hydrogens (tertiary/aromatic N) is 2. The van der Waals surface area contributed by atoms with Crippen LogP contribution in [0.3, 0.4) is 0 Å². The van der Waals surface area contributed by atoms with Gasteiger partial charge in [0, 0.05) is 18.1 Å². The molecule has 0 saturated heterocycles. The van der Waals surface area contributed by atoms with Crippen molar-refractivity contribution in [2.24, 2.45) is 0 Å². The number of carbonyl (C=O) groups is 1. The SMILES string of the molecule is C=CCNc1cnc(C(=O)NCc2ccc(Cl)cc2)cn1. The molecule has 0 unspecified atom stereocenters. The average molecular weight is 303 g/mol. The van der Waals surface area contributed by atoms with Gasteiger partial charge < -0.3 is 10.6 Å². The van der Waals surface area contributed by atoms with Crippen molar-refractivity contribution in [2.75, 3.05) is 11.9 Å². The first-order valence-corrected chi connectivity index (χ1v) is 6.76. The summed E-state index contributed by atoms with van der Waals surface area (Å²) in [5.41, 5.74) is 1.23. The third-order valence-electron chi connectivity index (χ3n) is 2.68. The molecule has 5 nitrogen and oxygen atoms in total. The maximum absolute atomic E-state index is 11.9. The molecule has 1 aromatic heterocycles. The summed E-state index contributed by atoms with van der Waals surface area (Å²) in [6.45, 7) is 4.60. The summed E-state index contributed by atoms with van der Waals surface area (Å²) in [7, 11) is 0. The summed E-state index contributed by atoms with van der Waals surface area (Å²) in [4.78, 5) is 20.1. The van der Waals surface area contributed by atoms with Gasteiger partial charge in [-0.25, -0.2) is 9.97 Å². The minimum atomic E-state index is -0.271. The number of rotatable bonds is 6. The van der Waals surface area contributed by atoms with E-state index in [-0.39, 0.29) is 11.6 Å². The summed E-state index contributed by atoms with van der Waals surface area (Å²) in [5, 5.41) is 6.43. The number of anilines is 1. The van der Waals surface area contributed by atoms with Crippen molar-refractivity contribution < 1.29 is 4.79 Å². The summed E-state index contributed by atoms with van der Waals surface area (Å²) < 4.78 is 0. The molecule has 0 saturated carbocycles. The van der Waals surface area contributed by atoms with Crippen molar-refractivity contribution in [3.63, 3.8) is 0 Å². The molecule has 0 spiro atoms. The van der Waals surface area contributed by atoms with Gasteiger partial charge in [-0.05, 0) is 17.7 Å². The molecule has 6 heteroatoms. The van der Waals surface area contributed by atoms with Crippen LogP contribution >= 0.6 is 11.6 Å². The predicted octanol–water partition coefficient (Wildman–Crippen LogP) is 2.66. The van der Waals surface area contributed by atoms with Gasteiger partial charge in [0.05, 0.1) is 12.4 Å². The van der Waals surface area contributed by atoms with Crippen LogP contribution < -0.4 is 10.6 Å². The summed E-state index contributed by atoms with van der Waals surface area (Å²) in [5.74, 6) is 0.330. The van der Waals surface area contributed by atoms with E-state index in [1.165, 1.54) is 12.4 Å². The predicted molar refractivity (Wildman–Crippen MR) is 83.3 cm³/mol. The molecule has 0 bridgehead atoms. The average Bonchev–Trinajstić information content (AvgIpc) is 2.52. The number of nitrogens with one attached hydrogen (secondary N) is 2. The number of aromatic nitrogens is 2. The molecule has 21 heavy (non-hydrogen) atoms. The summed E-state index contributed by atoms with van der Waals surface area (Å²) in [6.07, 6.45) is 4.66. The van der Waals surface area contributed by atoms with Crippen molar-refractivity contribution in [3.05, 3.63) is 65.6 Å². The molecule has 0 aliphatic heterocycles. The first kappa shape index (κ1) is 15.0. The molecular weight excluding hydrogens is 288 g/mol. The summed E-state index contributed by atoms with van der Waals surface area (Å²) in [6, 6.07) is 7.28. The third-order valence-corrected chi connectivity index (χ3v) is 2.93. The second-order valence-corrected chi connectivity index (χ2v) is 4.70. The Morgan fingerprint density at radius 1 is 1.24 bits per heavy atom. The number of hydrogen-bond acceptors (Lipinski definition) is 4. The number of hydrogen-bond donors (Lipinski definition) is 2. The lowest BCUT2D eigenvalue weighted by Gasteiger charge is -2.06. The van der Waals surface area contributed by atoms with Crippen molar-refractivity contribution in [3.8, 4) is 0 Å². The van der Waals surface area contributed by atoms with Crippen LogP contribution in [0.4, 0.5) is 5.82 Å². The second kappa shape index (κ2) is 7.40. The van der Waals surface area contributed by atoms with Crippen molar-refractivity contribution >= 4 is 23.3 Å². The van der Waals surface area contributed by atoms with Crippen molar-refractivity contribution in [1.29, 1.82) is 0 Å². The van der Waals surface area contributed by atoms with E-state index in [0.717, 1.165) is 5.56 Å². The van der Waals surface area contributed by atoms with Crippen molar-refractivity contribution in [1.82, 2.24) is 15.3 Å². The normalized spacial score (nSPS) is 9.95. The van der Waals surface area contributed by atoms with E-state index in [2.05, 4.69) is 27.2 Å². The highest BCUT2D eigenvalue weighted by molar-refractivity contribution is 6.30. The number of halogens is 1. The number of carbonyl (C=O) groups excluding carboxylic acids is 1. The zero-order chi connectivity index (χ0) is 15.1. The Labute approximate surface area is 128 Å². The first-order valence-electron chi connectivity index (χ1n) is 6.38. The van der Waals surface area contributed by atoms with Gasteiger partial charge in [-0.2, -0.15) is 0 Å². The number of benzene rings is 1. The lowest BCUT2D eigenvalue weighted by Crippen LogP contribution is -2.24. The Bertz CT molecular complexity index is 611. The van der Waals surface area contributed by atoms with E-state index in [1.54, 1.807) is 18.2 Å². The molecule has 2 rings (SSSR count). The molecule has 1 amide bonds. The topological polar surface area (TPSA) is 66.9 Å². The van der Waals surface area contributed by atoms with Gasteiger partial charge in [0.1, 0.15) is 11.5 Å². The third kappa shape index (κ3) is 4.57. The minimum absolute atomic E-state index is 0.271. The molecule has 1 heterocycles. The molecule has 0 atom stereocenters. The summed E-state index contributed by atoms with van der Waals surface area (Å²) >= 11 is 5.80. The van der Waals surface area contributed by atoms with Gasteiger partial charge in [-0.15, -0.1) is 6.58 Å². The Morgan fingerprint density at radius 3 is 2.62 bits per heavy atom. The van der Waals surface area contributed by atoms with E-state index in [9.17, 15) is 4.79 Å².